The van der Waals surface area contributed by atoms with Crippen LogP contribution >= 0.6 is 12.4 Å². The predicted molar refractivity (Wildman–Crippen MR) is 103 cm³/mol. The number of hydrogen-bond acceptors (Lipinski definition) is 4. The molecular formula is C19H25ClN4O. The van der Waals surface area contributed by atoms with E-state index in [1.807, 2.05) is 30.5 Å². The number of piperazine rings is 1. The standard InChI is InChI=1S/C19H24N4O.ClH/c1-14-5-6-17(10-15(14)2)22-19(24)13-23-9-8-21-12-18(23)16-4-3-7-20-11-16;/h3-7,10-11,18,21H,8-9,12-13H2,1-2H3,(H,22,24);1H. The van der Waals surface area contributed by atoms with Crippen LogP contribution in [0.1, 0.15) is 22.7 Å². The van der Waals surface area contributed by atoms with E-state index in [2.05, 4.69) is 40.4 Å². The second-order valence-corrected chi connectivity index (χ2v) is 6.32. The minimum Gasteiger partial charge on any atom is -0.325 e. The van der Waals surface area contributed by atoms with Crippen molar-refractivity contribution in [2.75, 3.05) is 31.5 Å². The fraction of sp³-hybridized carbons (Fsp3) is 0.368. The fourth-order valence-corrected chi connectivity index (χ4v) is 3.04. The second-order valence-electron chi connectivity index (χ2n) is 6.32. The highest BCUT2D eigenvalue weighted by Crippen LogP contribution is 2.21. The number of anilines is 1. The van der Waals surface area contributed by atoms with E-state index < -0.39 is 0 Å². The van der Waals surface area contributed by atoms with E-state index in [1.165, 1.54) is 11.1 Å². The first kappa shape index (κ1) is 19.4. The lowest BCUT2D eigenvalue weighted by Gasteiger charge is -2.35. The highest BCUT2D eigenvalue weighted by atomic mass is 35.5. The topological polar surface area (TPSA) is 57.3 Å². The molecule has 0 saturated carbocycles. The van der Waals surface area contributed by atoms with Crippen LogP contribution in [-0.4, -0.2) is 42.0 Å². The first-order valence-corrected chi connectivity index (χ1v) is 8.35. The molecule has 6 heteroatoms. The van der Waals surface area contributed by atoms with Gasteiger partial charge in [-0.2, -0.15) is 0 Å². The van der Waals surface area contributed by atoms with Crippen molar-refractivity contribution in [3.8, 4) is 0 Å². The van der Waals surface area contributed by atoms with Crippen molar-refractivity contribution >= 4 is 24.0 Å². The Balaban J connectivity index is 0.00000225. The number of nitrogens with zero attached hydrogens (tertiary/aromatic N) is 2. The lowest BCUT2D eigenvalue weighted by atomic mass is 10.1. The van der Waals surface area contributed by atoms with Gasteiger partial charge in [0.25, 0.3) is 0 Å². The molecule has 2 N–H and O–H groups in total. The van der Waals surface area contributed by atoms with Crippen LogP contribution in [0.25, 0.3) is 0 Å². The van der Waals surface area contributed by atoms with E-state index in [0.717, 1.165) is 30.9 Å². The Kier molecular flexibility index (Phi) is 6.93. The van der Waals surface area contributed by atoms with Crippen molar-refractivity contribution in [1.82, 2.24) is 15.2 Å². The van der Waals surface area contributed by atoms with Crippen LogP contribution in [0.3, 0.4) is 0 Å². The zero-order valence-corrected chi connectivity index (χ0v) is 15.5. The molecule has 1 aromatic heterocycles. The number of amides is 1. The number of hydrogen-bond donors (Lipinski definition) is 2. The molecule has 2 heterocycles. The van der Waals surface area contributed by atoms with Crippen molar-refractivity contribution in [1.29, 1.82) is 0 Å². The van der Waals surface area contributed by atoms with Crippen LogP contribution in [0.2, 0.25) is 0 Å². The number of pyridine rings is 1. The van der Waals surface area contributed by atoms with Crippen LogP contribution in [0.4, 0.5) is 5.69 Å². The van der Waals surface area contributed by atoms with Gasteiger partial charge in [-0.15, -0.1) is 12.4 Å². The normalized spacial score (nSPS) is 17.6. The summed E-state index contributed by atoms with van der Waals surface area (Å²) >= 11 is 0. The molecule has 1 saturated heterocycles. The Morgan fingerprint density at radius 3 is 2.88 bits per heavy atom. The van der Waals surface area contributed by atoms with Crippen LogP contribution in [0.15, 0.2) is 42.7 Å². The summed E-state index contributed by atoms with van der Waals surface area (Å²) in [5.41, 5.74) is 4.41. The van der Waals surface area contributed by atoms with E-state index in [-0.39, 0.29) is 24.4 Å². The van der Waals surface area contributed by atoms with Gasteiger partial charge in [-0.05, 0) is 48.7 Å². The summed E-state index contributed by atoms with van der Waals surface area (Å²) in [7, 11) is 0. The van der Waals surface area contributed by atoms with Crippen molar-refractivity contribution in [2.45, 2.75) is 19.9 Å². The molecule has 134 valence electrons. The van der Waals surface area contributed by atoms with Gasteiger partial charge < -0.3 is 10.6 Å². The Bertz CT molecular complexity index is 708. The molecule has 1 aliphatic rings. The summed E-state index contributed by atoms with van der Waals surface area (Å²) in [5.74, 6) is 0.0223. The zero-order valence-electron chi connectivity index (χ0n) is 14.7. The number of benzene rings is 1. The molecule has 0 aliphatic carbocycles. The first-order chi connectivity index (χ1) is 11.6. The lowest BCUT2D eigenvalue weighted by molar-refractivity contribution is -0.118. The number of rotatable bonds is 4. The van der Waals surface area contributed by atoms with E-state index in [1.54, 1.807) is 6.20 Å². The van der Waals surface area contributed by atoms with Crippen LogP contribution < -0.4 is 10.6 Å². The Morgan fingerprint density at radius 1 is 1.32 bits per heavy atom. The molecule has 0 radical (unpaired) electrons. The fourth-order valence-electron chi connectivity index (χ4n) is 3.04. The number of halogens is 1. The highest BCUT2D eigenvalue weighted by Gasteiger charge is 2.25. The molecule has 1 amide bonds. The Hall–Kier alpha value is -1.95. The monoisotopic (exact) mass is 360 g/mol. The van der Waals surface area contributed by atoms with Crippen molar-refractivity contribution < 1.29 is 4.79 Å². The zero-order chi connectivity index (χ0) is 16.9. The molecule has 1 unspecified atom stereocenters. The van der Waals surface area contributed by atoms with Crippen molar-refractivity contribution in [3.63, 3.8) is 0 Å². The Morgan fingerprint density at radius 2 is 2.16 bits per heavy atom. The summed E-state index contributed by atoms with van der Waals surface area (Å²) in [6.45, 7) is 7.09. The lowest BCUT2D eigenvalue weighted by Crippen LogP contribution is -2.48. The second kappa shape index (κ2) is 8.94. The van der Waals surface area contributed by atoms with Gasteiger partial charge in [-0.1, -0.05) is 12.1 Å². The van der Waals surface area contributed by atoms with Gasteiger partial charge in [0, 0.05) is 43.8 Å². The average Bonchev–Trinajstić information content (AvgIpc) is 2.59. The molecule has 1 aromatic carbocycles. The van der Waals surface area contributed by atoms with Gasteiger partial charge in [0.05, 0.1) is 6.54 Å². The van der Waals surface area contributed by atoms with Gasteiger partial charge in [0.1, 0.15) is 0 Å². The maximum atomic E-state index is 12.5. The largest absolute Gasteiger partial charge is 0.325 e. The average molecular weight is 361 g/mol. The maximum absolute atomic E-state index is 12.5. The highest BCUT2D eigenvalue weighted by molar-refractivity contribution is 5.92. The molecule has 0 bridgehead atoms. The number of aromatic nitrogens is 1. The SMILES string of the molecule is Cc1ccc(NC(=O)CN2CCNCC2c2cccnc2)cc1C.Cl. The number of nitrogens with one attached hydrogen (secondary N) is 2. The van der Waals surface area contributed by atoms with Crippen LogP contribution in [0.5, 0.6) is 0 Å². The first-order valence-electron chi connectivity index (χ1n) is 8.35. The molecular weight excluding hydrogens is 336 g/mol. The maximum Gasteiger partial charge on any atom is 0.238 e. The summed E-state index contributed by atoms with van der Waals surface area (Å²) < 4.78 is 0. The van der Waals surface area contributed by atoms with E-state index >= 15 is 0 Å². The van der Waals surface area contributed by atoms with E-state index in [0.29, 0.717) is 6.54 Å². The number of carbonyl (C=O) groups excluding carboxylic acids is 1. The molecule has 1 aliphatic heterocycles. The molecule has 0 spiro atoms. The molecule has 3 rings (SSSR count). The third-order valence-electron chi connectivity index (χ3n) is 4.56. The Labute approximate surface area is 155 Å². The number of carbonyl (C=O) groups is 1. The molecule has 5 nitrogen and oxygen atoms in total. The summed E-state index contributed by atoms with van der Waals surface area (Å²) in [4.78, 5) is 18.9. The predicted octanol–water partition coefficient (Wildman–Crippen LogP) is 2.71. The minimum atomic E-state index is 0. The van der Waals surface area contributed by atoms with E-state index in [9.17, 15) is 4.79 Å². The third kappa shape index (κ3) is 5.01. The van der Waals surface area contributed by atoms with Gasteiger partial charge in [-0.3, -0.25) is 14.7 Å². The quantitative estimate of drug-likeness (QED) is 0.880. The molecule has 2 aromatic rings. The smallest absolute Gasteiger partial charge is 0.238 e. The van der Waals surface area contributed by atoms with Crippen LogP contribution in [0, 0.1) is 13.8 Å². The van der Waals surface area contributed by atoms with Crippen LogP contribution in [-0.2, 0) is 4.79 Å². The molecule has 25 heavy (non-hydrogen) atoms. The van der Waals surface area contributed by atoms with Gasteiger partial charge >= 0.3 is 0 Å². The van der Waals surface area contributed by atoms with Gasteiger partial charge in [0.15, 0.2) is 0 Å². The van der Waals surface area contributed by atoms with Gasteiger partial charge in [0.2, 0.25) is 5.91 Å². The summed E-state index contributed by atoms with van der Waals surface area (Å²) in [6.07, 6.45) is 3.66. The van der Waals surface area contributed by atoms with Crippen molar-refractivity contribution in [3.05, 3.63) is 59.4 Å². The molecule has 1 atom stereocenters. The molecule has 1 fully saturated rings. The van der Waals surface area contributed by atoms with E-state index in [4.69, 9.17) is 0 Å². The van der Waals surface area contributed by atoms with Gasteiger partial charge in [-0.25, -0.2) is 0 Å². The summed E-state index contributed by atoms with van der Waals surface area (Å²) in [5, 5.41) is 6.41. The minimum absolute atomic E-state index is 0. The number of aryl methyl sites for hydroxylation is 2. The third-order valence-corrected chi connectivity index (χ3v) is 4.56. The summed E-state index contributed by atoms with van der Waals surface area (Å²) in [6, 6.07) is 10.2. The van der Waals surface area contributed by atoms with Crippen molar-refractivity contribution in [2.24, 2.45) is 0 Å².